The summed E-state index contributed by atoms with van der Waals surface area (Å²) in [6.45, 7) is 0. The SMILES string of the molecule is FC(F)(F)c1ccc(N(c2ccc(-c3ccc4c(c3)c3ccccc3n4-c3ccccc3)cc2)c2ccc(-c3c4ccccc4c(-c4ccccc4)c4ccccc34)cc2)cc1. The van der Waals surface area contributed by atoms with E-state index in [1.807, 2.05) is 29.2 Å². The Morgan fingerprint density at radius 3 is 1.26 bits per heavy atom. The minimum Gasteiger partial charge on any atom is -0.311 e. The molecule has 0 radical (unpaired) electrons. The van der Waals surface area contributed by atoms with Gasteiger partial charge < -0.3 is 9.47 Å². The van der Waals surface area contributed by atoms with Crippen LogP contribution in [0.2, 0.25) is 0 Å². The molecule has 0 unspecified atom stereocenters. The maximum atomic E-state index is 13.8. The lowest BCUT2D eigenvalue weighted by molar-refractivity contribution is -0.137. The third-order valence-electron chi connectivity index (χ3n) is 12.0. The van der Waals surface area contributed by atoms with Gasteiger partial charge in [-0.15, -0.1) is 0 Å². The molecule has 0 bridgehead atoms. The summed E-state index contributed by atoms with van der Waals surface area (Å²) in [6.07, 6.45) is -4.44. The smallest absolute Gasteiger partial charge is 0.311 e. The number of hydrogen-bond donors (Lipinski definition) is 0. The molecule has 0 aliphatic carbocycles. The number of fused-ring (bicyclic) bond motifs is 5. The minimum atomic E-state index is -4.44. The molecule has 1 heterocycles. The van der Waals surface area contributed by atoms with Gasteiger partial charge in [0.15, 0.2) is 0 Å². The van der Waals surface area contributed by atoms with Crippen LogP contribution in [0.1, 0.15) is 5.56 Å². The molecule has 0 aliphatic heterocycles. The summed E-state index contributed by atoms with van der Waals surface area (Å²) >= 11 is 0. The summed E-state index contributed by atoms with van der Waals surface area (Å²) in [5, 5.41) is 6.97. The molecule has 11 aromatic rings. The van der Waals surface area contributed by atoms with Gasteiger partial charge in [0.2, 0.25) is 0 Å². The van der Waals surface area contributed by atoms with Crippen molar-refractivity contribution in [2.24, 2.45) is 0 Å². The molecule has 10 aromatic carbocycles. The second-order valence-corrected chi connectivity index (χ2v) is 15.6. The molecule has 296 valence electrons. The number of aromatic nitrogens is 1. The zero-order valence-electron chi connectivity index (χ0n) is 33.4. The monoisotopic (exact) mass is 806 g/mol. The third kappa shape index (κ3) is 6.38. The molecule has 1 aromatic heterocycles. The van der Waals surface area contributed by atoms with Crippen molar-refractivity contribution >= 4 is 60.4 Å². The average Bonchev–Trinajstić information content (AvgIpc) is 3.65. The number of rotatable bonds is 7. The number of para-hydroxylation sites is 2. The van der Waals surface area contributed by atoms with E-state index in [9.17, 15) is 13.2 Å². The lowest BCUT2D eigenvalue weighted by Gasteiger charge is -2.26. The van der Waals surface area contributed by atoms with Gasteiger partial charge >= 0.3 is 6.18 Å². The fourth-order valence-electron chi connectivity index (χ4n) is 9.19. The van der Waals surface area contributed by atoms with Crippen LogP contribution in [-0.4, -0.2) is 4.57 Å². The van der Waals surface area contributed by atoms with E-state index in [2.05, 4.69) is 180 Å². The van der Waals surface area contributed by atoms with Gasteiger partial charge in [0, 0.05) is 33.5 Å². The zero-order chi connectivity index (χ0) is 41.8. The Morgan fingerprint density at radius 2 is 0.726 bits per heavy atom. The first-order valence-corrected chi connectivity index (χ1v) is 20.7. The number of alkyl halides is 3. The highest BCUT2D eigenvalue weighted by atomic mass is 19.4. The zero-order valence-corrected chi connectivity index (χ0v) is 33.4. The Labute approximate surface area is 357 Å². The van der Waals surface area contributed by atoms with Crippen molar-refractivity contribution in [2.75, 3.05) is 4.90 Å². The van der Waals surface area contributed by atoms with Crippen LogP contribution in [0.25, 0.3) is 82.4 Å². The van der Waals surface area contributed by atoms with E-state index in [0.717, 1.165) is 84.2 Å². The van der Waals surface area contributed by atoms with Gasteiger partial charge in [-0.3, -0.25) is 0 Å². The Hall–Kier alpha value is -7.89. The Morgan fingerprint density at radius 1 is 0.323 bits per heavy atom. The Balaban J connectivity index is 1.01. The highest BCUT2D eigenvalue weighted by Gasteiger charge is 2.30. The van der Waals surface area contributed by atoms with Crippen LogP contribution in [0.15, 0.2) is 224 Å². The highest BCUT2D eigenvalue weighted by Crippen LogP contribution is 2.45. The van der Waals surface area contributed by atoms with Crippen molar-refractivity contribution in [1.82, 2.24) is 4.57 Å². The number of halogens is 3. The lowest BCUT2D eigenvalue weighted by Crippen LogP contribution is -2.11. The van der Waals surface area contributed by atoms with E-state index in [1.165, 1.54) is 21.7 Å². The van der Waals surface area contributed by atoms with Gasteiger partial charge in [0.05, 0.1) is 16.6 Å². The first-order chi connectivity index (χ1) is 30.4. The van der Waals surface area contributed by atoms with Crippen molar-refractivity contribution in [3.05, 3.63) is 230 Å². The predicted molar refractivity (Wildman–Crippen MR) is 252 cm³/mol. The number of benzene rings is 10. The highest BCUT2D eigenvalue weighted by molar-refractivity contribution is 6.21. The van der Waals surface area contributed by atoms with Crippen LogP contribution >= 0.6 is 0 Å². The molecule has 0 atom stereocenters. The number of nitrogens with zero attached hydrogens (tertiary/aromatic N) is 2. The fraction of sp³-hybridized carbons (Fsp3) is 0.0175. The normalized spacial score (nSPS) is 11.8. The molecule has 5 heteroatoms. The van der Waals surface area contributed by atoms with Crippen LogP contribution in [0, 0.1) is 0 Å². The first kappa shape index (κ1) is 37.1. The topological polar surface area (TPSA) is 8.17 Å². The summed E-state index contributed by atoms with van der Waals surface area (Å²) < 4.78 is 43.6. The number of hydrogen-bond acceptors (Lipinski definition) is 1. The second-order valence-electron chi connectivity index (χ2n) is 15.6. The van der Waals surface area contributed by atoms with Crippen LogP contribution in [0.5, 0.6) is 0 Å². The molecule has 0 aliphatic rings. The van der Waals surface area contributed by atoms with E-state index >= 15 is 0 Å². The Kier molecular flexibility index (Phi) is 8.97. The molecule has 62 heavy (non-hydrogen) atoms. The largest absolute Gasteiger partial charge is 0.416 e. The van der Waals surface area contributed by atoms with Gasteiger partial charge in [-0.2, -0.15) is 13.2 Å². The summed E-state index contributed by atoms with van der Waals surface area (Å²) in [7, 11) is 0. The predicted octanol–water partition coefficient (Wildman–Crippen LogP) is 16.6. The van der Waals surface area contributed by atoms with Crippen LogP contribution in [0.3, 0.4) is 0 Å². The van der Waals surface area contributed by atoms with Gasteiger partial charge in [0.25, 0.3) is 0 Å². The van der Waals surface area contributed by atoms with E-state index in [1.54, 1.807) is 12.1 Å². The van der Waals surface area contributed by atoms with E-state index in [4.69, 9.17) is 0 Å². The standard InChI is InChI=1S/C57H37F3N2/c58-57(59,60)42-28-34-46(35-29-42)61(44-30-23-38(24-31-44)41-27-36-54-52(37-41)47-17-11-12-22-53(47)62(54)43-15-5-2-6-16-43)45-32-25-40(26-33-45)56-50-20-9-7-18-48(50)55(39-13-3-1-4-14-39)49-19-8-10-21-51(49)56/h1-37H. The quantitative estimate of drug-likeness (QED) is 0.146. The maximum Gasteiger partial charge on any atom is 0.416 e. The van der Waals surface area contributed by atoms with Gasteiger partial charge in [-0.25, -0.2) is 0 Å². The van der Waals surface area contributed by atoms with Crippen LogP contribution in [0.4, 0.5) is 30.2 Å². The molecule has 11 rings (SSSR count). The van der Waals surface area contributed by atoms with Crippen molar-refractivity contribution in [1.29, 1.82) is 0 Å². The maximum absolute atomic E-state index is 13.8. The molecule has 0 amide bonds. The summed E-state index contributed by atoms with van der Waals surface area (Å²) in [5.41, 5.74) is 11.6. The van der Waals surface area contributed by atoms with Crippen molar-refractivity contribution in [3.8, 4) is 39.1 Å². The third-order valence-corrected chi connectivity index (χ3v) is 12.0. The molecule has 0 fully saturated rings. The van der Waals surface area contributed by atoms with Crippen LogP contribution in [-0.2, 0) is 6.18 Å². The van der Waals surface area contributed by atoms with E-state index in [0.29, 0.717) is 5.69 Å². The molecule has 0 saturated carbocycles. The summed E-state index contributed by atoms with van der Waals surface area (Å²) in [6, 6.07) is 75.1. The van der Waals surface area contributed by atoms with Crippen molar-refractivity contribution in [2.45, 2.75) is 6.18 Å². The molecule has 2 nitrogen and oxygen atoms in total. The molecular weight excluding hydrogens is 770 g/mol. The fourth-order valence-corrected chi connectivity index (χ4v) is 9.19. The Bertz CT molecular complexity index is 3350. The minimum absolute atomic E-state index is 0.622. The van der Waals surface area contributed by atoms with E-state index in [-0.39, 0.29) is 0 Å². The summed E-state index contributed by atoms with van der Waals surface area (Å²) in [4.78, 5) is 2.01. The van der Waals surface area contributed by atoms with Crippen molar-refractivity contribution < 1.29 is 13.2 Å². The van der Waals surface area contributed by atoms with Crippen LogP contribution < -0.4 is 4.90 Å². The lowest BCUT2D eigenvalue weighted by atomic mass is 9.86. The van der Waals surface area contributed by atoms with Gasteiger partial charge in [-0.1, -0.05) is 146 Å². The first-order valence-electron chi connectivity index (χ1n) is 20.7. The van der Waals surface area contributed by atoms with Crippen molar-refractivity contribution in [3.63, 3.8) is 0 Å². The summed E-state index contributed by atoms with van der Waals surface area (Å²) in [5.74, 6) is 0. The van der Waals surface area contributed by atoms with E-state index < -0.39 is 11.7 Å². The average molecular weight is 807 g/mol. The molecular formula is C57H37F3N2. The molecule has 0 saturated heterocycles. The second kappa shape index (κ2) is 15.0. The van der Waals surface area contributed by atoms with Gasteiger partial charge in [0.1, 0.15) is 0 Å². The molecule has 0 N–H and O–H groups in total. The number of anilines is 3. The van der Waals surface area contributed by atoms with Gasteiger partial charge in [-0.05, 0) is 134 Å². The molecule has 0 spiro atoms.